The minimum absolute atomic E-state index is 0.138. The van der Waals surface area contributed by atoms with E-state index in [1.807, 2.05) is 60.8 Å². The maximum Gasteiger partial charge on any atom is 0.306 e. The number of carbonyl (C=O) groups excluding carboxylic acids is 3. The molecule has 0 aliphatic heterocycles. The van der Waals surface area contributed by atoms with Gasteiger partial charge in [0.25, 0.3) is 0 Å². The molecule has 1 atom stereocenters. The molecule has 0 amide bonds. The van der Waals surface area contributed by atoms with Gasteiger partial charge in [-0.25, -0.2) is 0 Å². The van der Waals surface area contributed by atoms with Gasteiger partial charge in [-0.15, -0.1) is 0 Å². The van der Waals surface area contributed by atoms with Crippen LogP contribution in [0.15, 0.2) is 158 Å². The van der Waals surface area contributed by atoms with Crippen molar-refractivity contribution in [3.63, 3.8) is 0 Å². The highest BCUT2D eigenvalue weighted by Crippen LogP contribution is 2.10. The Hall–Kier alpha value is -4.97. The summed E-state index contributed by atoms with van der Waals surface area (Å²) in [4.78, 5) is 37.9. The Morgan fingerprint density at radius 2 is 0.683 bits per heavy atom. The van der Waals surface area contributed by atoms with Crippen molar-refractivity contribution in [2.75, 3.05) is 13.2 Å². The Morgan fingerprint density at radius 3 is 1.17 bits per heavy atom. The predicted molar refractivity (Wildman–Crippen MR) is 269 cm³/mol. The zero-order chi connectivity index (χ0) is 45.8. The molecule has 0 fully saturated rings. The third-order valence-electron chi connectivity index (χ3n) is 9.15. The van der Waals surface area contributed by atoms with E-state index < -0.39 is 6.10 Å². The number of hydrogen-bond acceptors (Lipinski definition) is 6. The summed E-state index contributed by atoms with van der Waals surface area (Å²) < 4.78 is 16.6. The molecule has 0 N–H and O–H groups in total. The maximum atomic E-state index is 12.8. The lowest BCUT2D eigenvalue weighted by atomic mass is 10.1. The van der Waals surface area contributed by atoms with Crippen LogP contribution in [0.3, 0.4) is 0 Å². The molecule has 0 aromatic carbocycles. The van der Waals surface area contributed by atoms with Gasteiger partial charge < -0.3 is 14.2 Å². The summed E-state index contributed by atoms with van der Waals surface area (Å²) in [5.41, 5.74) is 0. The van der Waals surface area contributed by atoms with Crippen molar-refractivity contribution in [2.24, 2.45) is 0 Å². The molecule has 63 heavy (non-hydrogen) atoms. The van der Waals surface area contributed by atoms with Crippen LogP contribution in [0.25, 0.3) is 0 Å². The van der Waals surface area contributed by atoms with E-state index in [0.29, 0.717) is 19.3 Å². The monoisotopic (exact) mass is 865 g/mol. The van der Waals surface area contributed by atoms with Crippen LogP contribution in [0.1, 0.15) is 162 Å². The first-order valence-electron chi connectivity index (χ1n) is 24.1. The van der Waals surface area contributed by atoms with E-state index in [0.717, 1.165) is 109 Å². The molecule has 0 aliphatic rings. The van der Waals surface area contributed by atoms with Gasteiger partial charge in [0.05, 0.1) is 0 Å². The van der Waals surface area contributed by atoms with E-state index >= 15 is 0 Å². The van der Waals surface area contributed by atoms with Crippen LogP contribution in [0.2, 0.25) is 0 Å². The molecular formula is C57H84O6. The van der Waals surface area contributed by atoms with Crippen LogP contribution in [0.5, 0.6) is 0 Å². The second kappa shape index (κ2) is 49.7. The second-order valence-corrected chi connectivity index (χ2v) is 15.0. The molecule has 6 nitrogen and oxygen atoms in total. The van der Waals surface area contributed by atoms with Crippen LogP contribution in [-0.2, 0) is 28.6 Å². The molecule has 0 aromatic rings. The van der Waals surface area contributed by atoms with Gasteiger partial charge >= 0.3 is 17.9 Å². The molecule has 1 unspecified atom stereocenters. The van der Waals surface area contributed by atoms with Gasteiger partial charge in [-0.3, -0.25) is 14.4 Å². The number of unbranched alkanes of at least 4 members (excludes halogenated alkanes) is 7. The first-order valence-corrected chi connectivity index (χ1v) is 24.1. The lowest BCUT2D eigenvalue weighted by Gasteiger charge is -2.18. The van der Waals surface area contributed by atoms with E-state index in [-0.39, 0.29) is 44.0 Å². The number of hydrogen-bond donors (Lipinski definition) is 0. The quantitative estimate of drug-likeness (QED) is 0.0201. The fourth-order valence-corrected chi connectivity index (χ4v) is 5.64. The van der Waals surface area contributed by atoms with Crippen LogP contribution in [-0.4, -0.2) is 37.2 Å². The molecule has 0 aromatic heterocycles. The highest BCUT2D eigenvalue weighted by molar-refractivity contribution is 5.71. The Balaban J connectivity index is 4.66. The maximum absolute atomic E-state index is 12.8. The highest BCUT2D eigenvalue weighted by atomic mass is 16.6. The SMILES string of the molecule is CC\C=C/C=C\C=C/C=C\C=C/CCCCCC(=O)OC(COC(=O)CC/C=C\C/C=C\C/C=C\C/C=C\C/C=C\CC)COC(=O)CCCCCC/C=C\C/C=C\C/C=C\CC. The van der Waals surface area contributed by atoms with Crippen molar-refractivity contribution >= 4 is 17.9 Å². The molecule has 6 heteroatoms. The smallest absolute Gasteiger partial charge is 0.306 e. The minimum atomic E-state index is -0.847. The van der Waals surface area contributed by atoms with Crippen molar-refractivity contribution < 1.29 is 28.6 Å². The largest absolute Gasteiger partial charge is 0.462 e. The standard InChI is InChI=1S/C57H84O6/c1-4-7-10-13-16-19-22-25-28-30-32-35-38-41-44-47-50-56(59)62-53-54(52-61-55(58)49-46-43-40-37-34-31-27-24-21-18-15-12-9-6-3)63-57(60)51-48-45-42-39-36-33-29-26-23-20-17-14-11-8-5-2/h7-12,14,16-21,23,25-29,31-33,35-36,41,44,54H,4-6,13,15,22,24,30,34,37-40,42-43,45-53H2,1-3H3/b10-7-,11-8-,12-9-,17-14-,19-16-,21-18-,23-20-,28-25-,29-26-,31-27-,35-32-,36-33-,44-41-. The van der Waals surface area contributed by atoms with Gasteiger partial charge in [-0.05, 0) is 103 Å². The second-order valence-electron chi connectivity index (χ2n) is 15.0. The fourth-order valence-electron chi connectivity index (χ4n) is 5.64. The molecule has 0 aliphatic carbocycles. The Morgan fingerprint density at radius 1 is 0.333 bits per heavy atom. The molecule has 348 valence electrons. The van der Waals surface area contributed by atoms with E-state index in [2.05, 4.69) is 118 Å². The first kappa shape index (κ1) is 58.0. The summed E-state index contributed by atoms with van der Waals surface area (Å²) in [5.74, 6) is -1.11. The number of ether oxygens (including phenoxy) is 3. The van der Waals surface area contributed by atoms with E-state index in [1.54, 1.807) is 0 Å². The molecule has 0 saturated carbocycles. The van der Waals surface area contributed by atoms with Crippen molar-refractivity contribution in [1.82, 2.24) is 0 Å². The molecule has 0 spiro atoms. The molecule has 0 rings (SSSR count). The van der Waals surface area contributed by atoms with Gasteiger partial charge in [0.2, 0.25) is 0 Å². The zero-order valence-electron chi connectivity index (χ0n) is 39.5. The Kier molecular flexibility index (Phi) is 45.8. The summed E-state index contributed by atoms with van der Waals surface area (Å²) >= 11 is 0. The molecule has 0 saturated heterocycles. The Bertz CT molecular complexity index is 1510. The van der Waals surface area contributed by atoms with Gasteiger partial charge in [0, 0.05) is 19.3 Å². The summed E-state index contributed by atoms with van der Waals surface area (Å²) in [5, 5.41) is 0. The predicted octanol–water partition coefficient (Wildman–Crippen LogP) is 15.9. The van der Waals surface area contributed by atoms with Gasteiger partial charge in [-0.1, -0.05) is 198 Å². The van der Waals surface area contributed by atoms with Crippen LogP contribution in [0, 0.1) is 0 Å². The van der Waals surface area contributed by atoms with Crippen LogP contribution in [0.4, 0.5) is 0 Å². The number of rotatable bonds is 40. The fraction of sp³-hybridized carbons (Fsp3) is 0.491. The van der Waals surface area contributed by atoms with Crippen molar-refractivity contribution in [3.8, 4) is 0 Å². The number of allylic oxidation sites excluding steroid dienone is 26. The third kappa shape index (κ3) is 47.9. The van der Waals surface area contributed by atoms with E-state index in [9.17, 15) is 14.4 Å². The minimum Gasteiger partial charge on any atom is -0.462 e. The average molecular weight is 865 g/mol. The Labute approximate surface area is 384 Å². The summed E-state index contributed by atoms with van der Waals surface area (Å²) in [7, 11) is 0. The van der Waals surface area contributed by atoms with Crippen molar-refractivity contribution in [2.45, 2.75) is 168 Å². The molecular weight excluding hydrogens is 781 g/mol. The average Bonchev–Trinajstić information content (AvgIpc) is 3.28. The number of carbonyl (C=O) groups is 3. The topological polar surface area (TPSA) is 78.9 Å². The lowest BCUT2D eigenvalue weighted by Crippen LogP contribution is -2.30. The summed E-state index contributed by atoms with van der Waals surface area (Å²) in [6.07, 6.45) is 72.3. The molecule has 0 radical (unpaired) electrons. The van der Waals surface area contributed by atoms with Crippen LogP contribution >= 0.6 is 0 Å². The van der Waals surface area contributed by atoms with Crippen molar-refractivity contribution in [1.29, 1.82) is 0 Å². The first-order chi connectivity index (χ1) is 31.0. The van der Waals surface area contributed by atoms with Gasteiger partial charge in [0.1, 0.15) is 13.2 Å². The van der Waals surface area contributed by atoms with Gasteiger partial charge in [0.15, 0.2) is 6.10 Å². The van der Waals surface area contributed by atoms with Crippen molar-refractivity contribution in [3.05, 3.63) is 158 Å². The molecule has 0 bridgehead atoms. The van der Waals surface area contributed by atoms with E-state index in [4.69, 9.17) is 14.2 Å². The zero-order valence-corrected chi connectivity index (χ0v) is 39.5. The normalized spacial score (nSPS) is 13.5. The van der Waals surface area contributed by atoms with E-state index in [1.165, 1.54) is 0 Å². The summed E-state index contributed by atoms with van der Waals surface area (Å²) in [6, 6.07) is 0. The van der Waals surface area contributed by atoms with Gasteiger partial charge in [-0.2, -0.15) is 0 Å². The lowest BCUT2D eigenvalue weighted by molar-refractivity contribution is -0.166. The van der Waals surface area contributed by atoms with Crippen LogP contribution < -0.4 is 0 Å². The number of esters is 3. The highest BCUT2D eigenvalue weighted by Gasteiger charge is 2.19. The third-order valence-corrected chi connectivity index (χ3v) is 9.15. The summed E-state index contributed by atoms with van der Waals surface area (Å²) in [6.45, 7) is 6.10. The molecule has 0 heterocycles.